The van der Waals surface area contributed by atoms with Crippen LogP contribution in [0.3, 0.4) is 0 Å². The summed E-state index contributed by atoms with van der Waals surface area (Å²) in [5.41, 5.74) is 6.49. The van der Waals surface area contributed by atoms with Crippen LogP contribution in [0.2, 0.25) is 0 Å². The van der Waals surface area contributed by atoms with Gasteiger partial charge in [-0.2, -0.15) is 5.10 Å². The van der Waals surface area contributed by atoms with Gasteiger partial charge in [0.05, 0.1) is 5.69 Å². The van der Waals surface area contributed by atoms with E-state index >= 15 is 0 Å². The van der Waals surface area contributed by atoms with Crippen LogP contribution in [0.5, 0.6) is 0 Å². The van der Waals surface area contributed by atoms with Crippen molar-refractivity contribution in [3.63, 3.8) is 0 Å². The molecule has 1 aromatic carbocycles. The number of carbonyl (C=O) groups excluding carboxylic acids is 2. The second-order valence-corrected chi connectivity index (χ2v) is 8.89. The zero-order chi connectivity index (χ0) is 20.2. The number of nitrogens with two attached hydrogens (primary N) is 1. The number of ether oxygens (including phenoxy) is 1. The summed E-state index contributed by atoms with van der Waals surface area (Å²) in [6, 6.07) is 4.77. The number of rotatable bonds is 4. The molecule has 6 nitrogen and oxygen atoms in total. The number of halogens is 1. The fourth-order valence-electron chi connectivity index (χ4n) is 5.15. The fraction of sp³-hybridized carbons (Fsp3) is 0.571. The van der Waals surface area contributed by atoms with E-state index in [1.165, 1.54) is 35.7 Å². The van der Waals surface area contributed by atoms with Crippen LogP contribution in [-0.2, 0) is 14.3 Å². The zero-order valence-electron chi connectivity index (χ0n) is 16.4. The molecule has 5 rings (SSSR count). The minimum atomic E-state index is -0.788. The predicted molar refractivity (Wildman–Crippen MR) is 103 cm³/mol. The minimum absolute atomic E-state index is 0.0883. The topological polar surface area (TPSA) is 85.0 Å². The summed E-state index contributed by atoms with van der Waals surface area (Å²) < 4.78 is 19.0. The van der Waals surface area contributed by atoms with E-state index in [0.29, 0.717) is 28.9 Å². The Morgan fingerprint density at radius 1 is 1.25 bits per heavy atom. The molecular weight excluding hydrogens is 361 g/mol. The fourth-order valence-corrected chi connectivity index (χ4v) is 5.15. The van der Waals surface area contributed by atoms with Crippen LogP contribution in [0.15, 0.2) is 29.4 Å². The van der Waals surface area contributed by atoms with Gasteiger partial charge in [-0.05, 0) is 60.3 Å². The normalized spacial score (nSPS) is 33.1. The highest BCUT2D eigenvalue weighted by Gasteiger charge is 2.57. The number of carbonyl (C=O) groups is 2. The number of esters is 1. The summed E-state index contributed by atoms with van der Waals surface area (Å²) in [5.74, 6) is -0.0486. The SMILES string of the molecule is CC1C(OC(=O)C2=NN(c3ccc(F)cc3)C(C(N)=O)C2)CC2CC1C2(C)C. The summed E-state index contributed by atoms with van der Waals surface area (Å²) in [4.78, 5) is 24.6. The average Bonchev–Trinajstić information content (AvgIpc) is 3.09. The standard InChI is InChI=1S/C21H26FN3O3/c1-11-15-8-12(21(15,2)3)9-18(11)28-20(27)16-10-17(19(23)26)25(24-16)14-6-4-13(22)5-7-14/h4-7,11-12,15,17-18H,8-10H2,1-3H3,(H2,23,26). The minimum Gasteiger partial charge on any atom is -0.458 e. The maximum atomic E-state index is 13.2. The van der Waals surface area contributed by atoms with Crippen molar-refractivity contribution in [2.75, 3.05) is 5.01 Å². The number of anilines is 1. The first-order chi connectivity index (χ1) is 13.2. The van der Waals surface area contributed by atoms with Crippen molar-refractivity contribution < 1.29 is 18.7 Å². The molecule has 1 aromatic rings. The monoisotopic (exact) mass is 387 g/mol. The molecule has 2 N–H and O–H groups in total. The molecule has 4 aliphatic rings. The number of benzene rings is 1. The van der Waals surface area contributed by atoms with Crippen LogP contribution in [0.4, 0.5) is 10.1 Å². The van der Waals surface area contributed by atoms with E-state index in [1.807, 2.05) is 0 Å². The van der Waals surface area contributed by atoms with Crippen molar-refractivity contribution in [1.82, 2.24) is 0 Å². The molecule has 5 unspecified atom stereocenters. The third-order valence-corrected chi connectivity index (χ3v) is 7.11. The van der Waals surface area contributed by atoms with Crippen LogP contribution in [0.25, 0.3) is 0 Å². The van der Waals surface area contributed by atoms with Gasteiger partial charge < -0.3 is 10.5 Å². The lowest BCUT2D eigenvalue weighted by atomic mass is 9.45. The number of hydrogen-bond donors (Lipinski definition) is 1. The summed E-state index contributed by atoms with van der Waals surface area (Å²) >= 11 is 0. The number of amides is 1. The van der Waals surface area contributed by atoms with Crippen molar-refractivity contribution in [2.45, 2.75) is 52.2 Å². The van der Waals surface area contributed by atoms with E-state index < -0.39 is 23.7 Å². The summed E-state index contributed by atoms with van der Waals surface area (Å²) in [6.45, 7) is 6.73. The Kier molecular flexibility index (Phi) is 4.43. The average molecular weight is 387 g/mol. The molecule has 7 heteroatoms. The van der Waals surface area contributed by atoms with Gasteiger partial charge in [0, 0.05) is 6.42 Å². The van der Waals surface area contributed by atoms with E-state index in [9.17, 15) is 14.0 Å². The first kappa shape index (κ1) is 18.9. The van der Waals surface area contributed by atoms with Crippen molar-refractivity contribution in [1.29, 1.82) is 0 Å². The molecule has 1 heterocycles. The van der Waals surface area contributed by atoms with Gasteiger partial charge in [-0.3, -0.25) is 9.80 Å². The van der Waals surface area contributed by atoms with Gasteiger partial charge in [0.1, 0.15) is 23.7 Å². The maximum Gasteiger partial charge on any atom is 0.354 e. The van der Waals surface area contributed by atoms with Crippen LogP contribution in [0.1, 0.15) is 40.0 Å². The molecule has 1 aliphatic heterocycles. The van der Waals surface area contributed by atoms with E-state index in [1.54, 1.807) is 0 Å². The Bertz CT molecular complexity index is 836. The van der Waals surface area contributed by atoms with E-state index in [0.717, 1.165) is 6.42 Å². The van der Waals surface area contributed by atoms with Gasteiger partial charge in [-0.15, -0.1) is 0 Å². The third kappa shape index (κ3) is 2.97. The molecule has 3 aliphatic carbocycles. The summed E-state index contributed by atoms with van der Waals surface area (Å²) in [7, 11) is 0. The number of hydrazone groups is 1. The van der Waals surface area contributed by atoms with Crippen LogP contribution in [0, 0.1) is 29.0 Å². The molecular formula is C21H26FN3O3. The molecule has 3 fully saturated rings. The first-order valence-electron chi connectivity index (χ1n) is 9.81. The van der Waals surface area contributed by atoms with E-state index in [2.05, 4.69) is 25.9 Å². The van der Waals surface area contributed by atoms with E-state index in [4.69, 9.17) is 10.5 Å². The molecule has 0 saturated heterocycles. The number of primary amides is 1. The summed E-state index contributed by atoms with van der Waals surface area (Å²) in [6.07, 6.45) is 2.03. The van der Waals surface area contributed by atoms with Crippen molar-refractivity contribution in [2.24, 2.45) is 34.0 Å². The third-order valence-electron chi connectivity index (χ3n) is 7.11. The Labute approximate surface area is 163 Å². The number of fused-ring (bicyclic) bond motifs is 2. The van der Waals surface area contributed by atoms with Gasteiger partial charge in [0.15, 0.2) is 0 Å². The lowest BCUT2D eigenvalue weighted by molar-refractivity contribution is -0.180. The van der Waals surface area contributed by atoms with Crippen LogP contribution in [-0.4, -0.2) is 29.7 Å². The zero-order valence-corrected chi connectivity index (χ0v) is 16.4. The highest BCUT2D eigenvalue weighted by atomic mass is 19.1. The number of hydrogen-bond acceptors (Lipinski definition) is 5. The smallest absolute Gasteiger partial charge is 0.354 e. The summed E-state index contributed by atoms with van der Waals surface area (Å²) in [5, 5.41) is 5.67. The predicted octanol–water partition coefficient (Wildman–Crippen LogP) is 2.86. The van der Waals surface area contributed by atoms with Gasteiger partial charge in [-0.1, -0.05) is 20.8 Å². The second-order valence-electron chi connectivity index (χ2n) is 8.89. The molecule has 2 bridgehead atoms. The quantitative estimate of drug-likeness (QED) is 0.805. The maximum absolute atomic E-state index is 13.2. The van der Waals surface area contributed by atoms with Crippen LogP contribution >= 0.6 is 0 Å². The Hall–Kier alpha value is -2.44. The lowest BCUT2D eigenvalue weighted by Crippen LogP contribution is -2.57. The molecule has 28 heavy (non-hydrogen) atoms. The molecule has 5 atom stereocenters. The van der Waals surface area contributed by atoms with Crippen molar-refractivity contribution in [3.8, 4) is 0 Å². The molecule has 0 aromatic heterocycles. The van der Waals surface area contributed by atoms with Crippen molar-refractivity contribution in [3.05, 3.63) is 30.1 Å². The Balaban J connectivity index is 1.49. The van der Waals surface area contributed by atoms with Crippen LogP contribution < -0.4 is 10.7 Å². The molecule has 0 spiro atoms. The van der Waals surface area contributed by atoms with Gasteiger partial charge in [-0.25, -0.2) is 9.18 Å². The second kappa shape index (κ2) is 6.57. The Morgan fingerprint density at radius 2 is 1.93 bits per heavy atom. The van der Waals surface area contributed by atoms with E-state index in [-0.39, 0.29) is 18.2 Å². The van der Waals surface area contributed by atoms with Crippen molar-refractivity contribution >= 4 is 23.3 Å². The molecule has 150 valence electrons. The molecule has 3 saturated carbocycles. The highest BCUT2D eigenvalue weighted by Crippen LogP contribution is 2.61. The molecule has 1 amide bonds. The van der Waals surface area contributed by atoms with Gasteiger partial charge in [0.25, 0.3) is 0 Å². The Morgan fingerprint density at radius 3 is 2.50 bits per heavy atom. The van der Waals surface area contributed by atoms with Gasteiger partial charge in [0.2, 0.25) is 5.91 Å². The lowest BCUT2D eigenvalue weighted by Gasteiger charge is -2.61. The first-order valence-corrected chi connectivity index (χ1v) is 9.81. The largest absolute Gasteiger partial charge is 0.458 e. The number of nitrogens with zero attached hydrogens (tertiary/aromatic N) is 2. The molecule has 0 radical (unpaired) electrons. The van der Waals surface area contributed by atoms with Gasteiger partial charge >= 0.3 is 5.97 Å². The highest BCUT2D eigenvalue weighted by molar-refractivity contribution is 6.38.